The van der Waals surface area contributed by atoms with Crippen molar-refractivity contribution < 1.29 is 14.1 Å². The van der Waals surface area contributed by atoms with Gasteiger partial charge >= 0.3 is 0 Å². The van der Waals surface area contributed by atoms with Gasteiger partial charge in [0, 0.05) is 25.1 Å². The number of aromatic nitrogens is 2. The molecule has 4 rings (SSSR count). The highest BCUT2D eigenvalue weighted by Gasteiger charge is 2.34. The third-order valence-electron chi connectivity index (χ3n) is 5.21. The first-order chi connectivity index (χ1) is 14.0. The van der Waals surface area contributed by atoms with Gasteiger partial charge in [-0.05, 0) is 44.0 Å². The van der Waals surface area contributed by atoms with Gasteiger partial charge in [-0.3, -0.25) is 4.79 Å². The van der Waals surface area contributed by atoms with Crippen LogP contribution in [0, 0.1) is 13.8 Å². The predicted molar refractivity (Wildman–Crippen MR) is 110 cm³/mol. The minimum atomic E-state index is -0.0791. The number of ether oxygens (including phenoxy) is 1. The van der Waals surface area contributed by atoms with Crippen molar-refractivity contribution in [1.29, 1.82) is 0 Å². The molecule has 6 heteroatoms. The highest BCUT2D eigenvalue weighted by Crippen LogP contribution is 2.30. The van der Waals surface area contributed by atoms with Gasteiger partial charge in [0.2, 0.25) is 17.6 Å². The molecule has 0 bridgehead atoms. The molecule has 1 aliphatic heterocycles. The number of likely N-dealkylation sites (tertiary alicyclic amines) is 1. The van der Waals surface area contributed by atoms with Gasteiger partial charge in [-0.1, -0.05) is 41.1 Å². The molecule has 0 saturated carbocycles. The Labute approximate surface area is 170 Å². The molecule has 2 heterocycles. The summed E-state index contributed by atoms with van der Waals surface area (Å²) < 4.78 is 11.1. The average molecular weight is 391 g/mol. The van der Waals surface area contributed by atoms with Gasteiger partial charge < -0.3 is 14.2 Å². The molecule has 1 atom stereocenters. The van der Waals surface area contributed by atoms with E-state index < -0.39 is 0 Å². The van der Waals surface area contributed by atoms with E-state index in [0.717, 1.165) is 22.4 Å². The van der Waals surface area contributed by atoms with Crippen molar-refractivity contribution >= 4 is 5.91 Å². The second kappa shape index (κ2) is 8.07. The monoisotopic (exact) mass is 391 g/mol. The summed E-state index contributed by atoms with van der Waals surface area (Å²) >= 11 is 0. The van der Waals surface area contributed by atoms with Crippen LogP contribution in [0.5, 0.6) is 5.75 Å². The Balaban J connectivity index is 1.47. The Morgan fingerprint density at radius 2 is 2.07 bits per heavy atom. The summed E-state index contributed by atoms with van der Waals surface area (Å²) in [4.78, 5) is 19.0. The maximum atomic E-state index is 12.5. The maximum absolute atomic E-state index is 12.5. The first kappa shape index (κ1) is 19.2. The molecule has 1 saturated heterocycles. The van der Waals surface area contributed by atoms with Crippen molar-refractivity contribution in [2.45, 2.75) is 39.7 Å². The van der Waals surface area contributed by atoms with E-state index in [9.17, 15) is 4.79 Å². The number of amides is 1. The topological polar surface area (TPSA) is 68.5 Å². The lowest BCUT2D eigenvalue weighted by Crippen LogP contribution is -2.24. The molecular weight excluding hydrogens is 366 g/mol. The van der Waals surface area contributed by atoms with Gasteiger partial charge in [0.15, 0.2) is 0 Å². The molecule has 6 nitrogen and oxygen atoms in total. The molecule has 1 fully saturated rings. The number of carbonyl (C=O) groups is 1. The average Bonchev–Trinajstić information content (AvgIpc) is 3.30. The minimum absolute atomic E-state index is 0.0791. The van der Waals surface area contributed by atoms with Crippen molar-refractivity contribution in [2.24, 2.45) is 0 Å². The second-order valence-electron chi connectivity index (χ2n) is 7.53. The Kier molecular flexibility index (Phi) is 5.34. The standard InChI is InChI=1S/C23H25N3O3/c1-4-28-19-7-5-6-17(11-19)13-26-14-18(12-21(26)27)23-24-22(25-29-23)20-9-8-15(2)10-16(20)3/h5-11,18H,4,12-14H2,1-3H3. The molecule has 29 heavy (non-hydrogen) atoms. The van der Waals surface area contributed by atoms with Gasteiger partial charge in [-0.2, -0.15) is 4.98 Å². The quantitative estimate of drug-likeness (QED) is 0.628. The lowest BCUT2D eigenvalue weighted by atomic mass is 10.1. The summed E-state index contributed by atoms with van der Waals surface area (Å²) in [5.74, 6) is 1.95. The van der Waals surface area contributed by atoms with Gasteiger partial charge in [-0.25, -0.2) is 0 Å². The fraction of sp³-hybridized carbons (Fsp3) is 0.348. The molecule has 1 unspecified atom stereocenters. The molecule has 0 radical (unpaired) electrons. The fourth-order valence-electron chi connectivity index (χ4n) is 3.79. The minimum Gasteiger partial charge on any atom is -0.494 e. The Bertz CT molecular complexity index is 1030. The summed E-state index contributed by atoms with van der Waals surface area (Å²) in [6.45, 7) is 7.80. The lowest BCUT2D eigenvalue weighted by molar-refractivity contribution is -0.128. The second-order valence-corrected chi connectivity index (χ2v) is 7.53. The van der Waals surface area contributed by atoms with E-state index in [2.05, 4.69) is 23.1 Å². The van der Waals surface area contributed by atoms with E-state index in [1.165, 1.54) is 5.56 Å². The highest BCUT2D eigenvalue weighted by atomic mass is 16.5. The number of benzene rings is 2. The number of nitrogens with zero attached hydrogens (tertiary/aromatic N) is 3. The summed E-state index contributed by atoms with van der Waals surface area (Å²) in [5, 5.41) is 4.16. The smallest absolute Gasteiger partial charge is 0.232 e. The molecule has 0 aliphatic carbocycles. The van der Waals surface area contributed by atoms with E-state index in [4.69, 9.17) is 9.26 Å². The van der Waals surface area contributed by atoms with Crippen molar-refractivity contribution in [3.63, 3.8) is 0 Å². The summed E-state index contributed by atoms with van der Waals surface area (Å²) in [7, 11) is 0. The SMILES string of the molecule is CCOc1cccc(CN2CC(c3nc(-c4ccc(C)cc4C)no3)CC2=O)c1. The summed E-state index contributed by atoms with van der Waals surface area (Å²) in [5.41, 5.74) is 4.31. The third kappa shape index (κ3) is 4.16. The van der Waals surface area contributed by atoms with E-state index in [0.29, 0.717) is 37.8 Å². The first-order valence-corrected chi connectivity index (χ1v) is 9.94. The number of hydrogen-bond donors (Lipinski definition) is 0. The molecule has 3 aromatic rings. The van der Waals surface area contributed by atoms with Crippen LogP contribution in [0.2, 0.25) is 0 Å². The molecule has 1 aliphatic rings. The van der Waals surface area contributed by atoms with Crippen LogP contribution in [0.15, 0.2) is 47.0 Å². The van der Waals surface area contributed by atoms with Crippen molar-refractivity contribution in [3.8, 4) is 17.1 Å². The largest absolute Gasteiger partial charge is 0.494 e. The molecule has 1 amide bonds. The Hall–Kier alpha value is -3.15. The van der Waals surface area contributed by atoms with Gasteiger partial charge in [-0.15, -0.1) is 0 Å². The van der Waals surface area contributed by atoms with Crippen LogP contribution in [0.1, 0.15) is 41.8 Å². The lowest BCUT2D eigenvalue weighted by Gasteiger charge is -2.16. The third-order valence-corrected chi connectivity index (χ3v) is 5.21. The number of aryl methyl sites for hydroxylation is 2. The number of hydrogen-bond acceptors (Lipinski definition) is 5. The van der Waals surface area contributed by atoms with Crippen molar-refractivity contribution in [3.05, 3.63) is 65.0 Å². The number of carbonyl (C=O) groups excluding carboxylic acids is 1. The molecule has 150 valence electrons. The van der Waals surface area contributed by atoms with E-state index in [1.54, 1.807) is 0 Å². The normalized spacial score (nSPS) is 16.4. The molecular formula is C23H25N3O3. The first-order valence-electron chi connectivity index (χ1n) is 9.94. The maximum Gasteiger partial charge on any atom is 0.232 e. The zero-order chi connectivity index (χ0) is 20.4. The zero-order valence-corrected chi connectivity index (χ0v) is 17.0. The Morgan fingerprint density at radius 3 is 2.86 bits per heavy atom. The van der Waals surface area contributed by atoms with Crippen molar-refractivity contribution in [2.75, 3.05) is 13.2 Å². The van der Waals surface area contributed by atoms with Crippen molar-refractivity contribution in [1.82, 2.24) is 15.0 Å². The van der Waals surface area contributed by atoms with Crippen LogP contribution in [0.3, 0.4) is 0 Å². The Morgan fingerprint density at radius 1 is 1.21 bits per heavy atom. The van der Waals surface area contributed by atoms with Crippen LogP contribution in [-0.2, 0) is 11.3 Å². The summed E-state index contributed by atoms with van der Waals surface area (Å²) in [6, 6.07) is 14.0. The van der Waals surface area contributed by atoms with E-state index >= 15 is 0 Å². The molecule has 2 aromatic carbocycles. The van der Waals surface area contributed by atoms with Crippen LogP contribution >= 0.6 is 0 Å². The van der Waals surface area contributed by atoms with E-state index in [-0.39, 0.29) is 11.8 Å². The highest BCUT2D eigenvalue weighted by molar-refractivity contribution is 5.79. The van der Waals surface area contributed by atoms with Gasteiger partial charge in [0.1, 0.15) is 5.75 Å². The van der Waals surface area contributed by atoms with Crippen LogP contribution in [0.4, 0.5) is 0 Å². The zero-order valence-electron chi connectivity index (χ0n) is 17.0. The van der Waals surface area contributed by atoms with E-state index in [1.807, 2.05) is 55.1 Å². The van der Waals surface area contributed by atoms with Gasteiger partial charge in [0.05, 0.1) is 12.5 Å². The molecule has 1 aromatic heterocycles. The van der Waals surface area contributed by atoms with Gasteiger partial charge in [0.25, 0.3) is 0 Å². The molecule has 0 N–H and O–H groups in total. The number of rotatable bonds is 6. The summed E-state index contributed by atoms with van der Waals surface area (Å²) in [6.07, 6.45) is 0.389. The van der Waals surface area contributed by atoms with Crippen LogP contribution in [0.25, 0.3) is 11.4 Å². The fourth-order valence-corrected chi connectivity index (χ4v) is 3.79. The van der Waals surface area contributed by atoms with Crippen LogP contribution in [-0.4, -0.2) is 34.1 Å². The van der Waals surface area contributed by atoms with Crippen LogP contribution < -0.4 is 4.74 Å². The molecule has 0 spiro atoms. The predicted octanol–water partition coefficient (Wildman–Crippen LogP) is 4.27.